The van der Waals surface area contributed by atoms with Gasteiger partial charge in [-0.05, 0) is 104 Å². The average Bonchev–Trinajstić information content (AvgIpc) is 3.17. The standard InChI is InChI=1S/C29H45N3O2/c1-19-12-15-29(18-34-3)20(16-19)8-9-21-22-10-11-24(28(22,2)14-13-23(21)29)27(33)17-32(31)26-7-5-4-6-25(26)30/h4-7,19-24H,8-18,30-31H2,1-3H3. The molecule has 4 aliphatic rings. The number of anilines is 2. The van der Waals surface area contributed by atoms with Crippen LogP contribution in [0.3, 0.4) is 0 Å². The summed E-state index contributed by atoms with van der Waals surface area (Å²) in [5, 5.41) is 1.56. The lowest BCUT2D eigenvalue weighted by molar-refractivity contribution is -0.154. The second-order valence-electron chi connectivity index (χ2n) is 12.5. The number of hydrazine groups is 1. The zero-order valence-corrected chi connectivity index (χ0v) is 21.5. The van der Waals surface area contributed by atoms with E-state index in [1.165, 1.54) is 51.4 Å². The van der Waals surface area contributed by atoms with Gasteiger partial charge < -0.3 is 15.5 Å². The molecule has 4 saturated carbocycles. The summed E-state index contributed by atoms with van der Waals surface area (Å²) < 4.78 is 5.93. The third kappa shape index (κ3) is 3.78. The molecule has 0 bridgehead atoms. The Morgan fingerprint density at radius 1 is 1.09 bits per heavy atom. The van der Waals surface area contributed by atoms with E-state index >= 15 is 0 Å². The van der Waals surface area contributed by atoms with Gasteiger partial charge in [0.1, 0.15) is 0 Å². The number of nitrogens with two attached hydrogens (primary N) is 2. The van der Waals surface area contributed by atoms with Gasteiger partial charge in [-0.3, -0.25) is 4.79 Å². The molecule has 5 nitrogen and oxygen atoms in total. The highest BCUT2D eigenvalue weighted by molar-refractivity contribution is 5.87. The predicted octanol–water partition coefficient (Wildman–Crippen LogP) is 5.44. The summed E-state index contributed by atoms with van der Waals surface area (Å²) in [4.78, 5) is 13.6. The van der Waals surface area contributed by atoms with E-state index in [9.17, 15) is 4.79 Å². The molecule has 0 aromatic heterocycles. The van der Waals surface area contributed by atoms with Crippen LogP contribution in [0.2, 0.25) is 0 Å². The summed E-state index contributed by atoms with van der Waals surface area (Å²) in [5.74, 6) is 10.6. The number of nitrogens with zero attached hydrogens (tertiary/aromatic N) is 1. The summed E-state index contributed by atoms with van der Waals surface area (Å²) >= 11 is 0. The number of nitrogen functional groups attached to an aromatic ring is 1. The Labute approximate surface area is 205 Å². The molecule has 4 fully saturated rings. The second kappa shape index (κ2) is 9.13. The van der Waals surface area contributed by atoms with Crippen molar-refractivity contribution in [1.82, 2.24) is 0 Å². The molecule has 0 amide bonds. The van der Waals surface area contributed by atoms with E-state index < -0.39 is 0 Å². The monoisotopic (exact) mass is 467 g/mol. The lowest BCUT2D eigenvalue weighted by Gasteiger charge is -2.62. The fraction of sp³-hybridized carbons (Fsp3) is 0.759. The Hall–Kier alpha value is -1.59. The molecular formula is C29H45N3O2. The van der Waals surface area contributed by atoms with Gasteiger partial charge in [0.05, 0.1) is 24.5 Å². The summed E-state index contributed by atoms with van der Waals surface area (Å²) in [6.07, 6.45) is 11.4. The zero-order valence-electron chi connectivity index (χ0n) is 21.5. The minimum atomic E-state index is 0.102. The van der Waals surface area contributed by atoms with Crippen LogP contribution < -0.4 is 16.6 Å². The van der Waals surface area contributed by atoms with Gasteiger partial charge in [0.15, 0.2) is 5.78 Å². The maximum Gasteiger partial charge on any atom is 0.157 e. The fourth-order valence-corrected chi connectivity index (χ4v) is 9.46. The molecule has 8 unspecified atom stereocenters. The number of carbonyl (C=O) groups is 1. The van der Waals surface area contributed by atoms with Gasteiger partial charge in [-0.15, -0.1) is 0 Å². The summed E-state index contributed by atoms with van der Waals surface area (Å²) in [5.41, 5.74) is 7.94. The molecule has 0 aliphatic heterocycles. The first-order valence-electron chi connectivity index (χ1n) is 13.7. The lowest BCUT2D eigenvalue weighted by Crippen LogP contribution is -2.56. The van der Waals surface area contributed by atoms with E-state index in [-0.39, 0.29) is 17.9 Å². The van der Waals surface area contributed by atoms with Gasteiger partial charge in [0, 0.05) is 13.0 Å². The van der Waals surface area contributed by atoms with Gasteiger partial charge in [-0.2, -0.15) is 0 Å². The van der Waals surface area contributed by atoms with Crippen molar-refractivity contribution in [3.8, 4) is 0 Å². The molecule has 1 aromatic rings. The van der Waals surface area contributed by atoms with Gasteiger partial charge in [0.25, 0.3) is 0 Å². The first-order valence-corrected chi connectivity index (χ1v) is 13.7. The molecule has 1 aromatic carbocycles. The summed E-state index contributed by atoms with van der Waals surface area (Å²) in [6.45, 7) is 6.04. The van der Waals surface area contributed by atoms with Crippen LogP contribution in [0.25, 0.3) is 0 Å². The summed E-state index contributed by atoms with van der Waals surface area (Å²) in [6, 6.07) is 7.55. The maximum atomic E-state index is 13.6. The van der Waals surface area contributed by atoms with Crippen molar-refractivity contribution >= 4 is 17.2 Å². The Bertz CT molecular complexity index is 905. The highest BCUT2D eigenvalue weighted by Crippen LogP contribution is 2.68. The first-order chi connectivity index (χ1) is 16.3. The van der Waals surface area contributed by atoms with Gasteiger partial charge in [0.2, 0.25) is 0 Å². The highest BCUT2D eigenvalue weighted by atomic mass is 16.5. The van der Waals surface area contributed by atoms with Crippen LogP contribution in [0, 0.1) is 46.3 Å². The van der Waals surface area contributed by atoms with E-state index in [4.69, 9.17) is 16.3 Å². The Balaban J connectivity index is 1.34. The SMILES string of the molecule is COCC12CCC(C)CC1CCC1C3CCC(C(=O)CN(N)c4ccccc4N)C3(C)CCC12. The van der Waals surface area contributed by atoms with Crippen molar-refractivity contribution < 1.29 is 9.53 Å². The number of ether oxygens (including phenoxy) is 1. The molecule has 0 heterocycles. The smallest absolute Gasteiger partial charge is 0.157 e. The van der Waals surface area contributed by atoms with Crippen molar-refractivity contribution in [1.29, 1.82) is 0 Å². The molecule has 0 radical (unpaired) electrons. The van der Waals surface area contributed by atoms with Crippen LogP contribution in [0.1, 0.15) is 71.6 Å². The van der Waals surface area contributed by atoms with E-state index in [0.29, 0.717) is 22.8 Å². The number of ketones is 1. The molecular weight excluding hydrogens is 422 g/mol. The number of fused-ring (bicyclic) bond motifs is 5. The number of hydrogen-bond acceptors (Lipinski definition) is 5. The van der Waals surface area contributed by atoms with Crippen molar-refractivity contribution in [2.75, 3.05) is 31.0 Å². The highest BCUT2D eigenvalue weighted by Gasteiger charge is 2.62. The molecule has 5 rings (SSSR count). The van der Waals surface area contributed by atoms with Crippen molar-refractivity contribution in [3.05, 3.63) is 24.3 Å². The van der Waals surface area contributed by atoms with Crippen molar-refractivity contribution in [2.24, 2.45) is 52.2 Å². The van der Waals surface area contributed by atoms with E-state index in [1.807, 2.05) is 31.4 Å². The molecule has 5 heteroatoms. The number of benzene rings is 1. The molecule has 0 spiro atoms. The number of methoxy groups -OCH3 is 1. The van der Waals surface area contributed by atoms with Crippen LogP contribution in [-0.4, -0.2) is 26.0 Å². The topological polar surface area (TPSA) is 81.6 Å². The fourth-order valence-electron chi connectivity index (χ4n) is 9.46. The van der Waals surface area contributed by atoms with Crippen LogP contribution in [-0.2, 0) is 9.53 Å². The molecule has 4 N–H and O–H groups in total. The predicted molar refractivity (Wildman–Crippen MR) is 138 cm³/mol. The molecule has 0 saturated heterocycles. The van der Waals surface area contributed by atoms with Gasteiger partial charge in [-0.1, -0.05) is 32.4 Å². The molecule has 4 aliphatic carbocycles. The van der Waals surface area contributed by atoms with Crippen molar-refractivity contribution in [3.63, 3.8) is 0 Å². The largest absolute Gasteiger partial charge is 0.397 e. The van der Waals surface area contributed by atoms with Crippen LogP contribution in [0.4, 0.5) is 11.4 Å². The molecule has 188 valence electrons. The van der Waals surface area contributed by atoms with Crippen LogP contribution >= 0.6 is 0 Å². The maximum absolute atomic E-state index is 13.6. The molecule has 34 heavy (non-hydrogen) atoms. The Kier molecular flexibility index (Phi) is 6.48. The van der Waals surface area contributed by atoms with Gasteiger partial charge in [-0.25, -0.2) is 5.84 Å². The summed E-state index contributed by atoms with van der Waals surface area (Å²) in [7, 11) is 1.91. The third-order valence-electron chi connectivity index (χ3n) is 11.0. The van der Waals surface area contributed by atoms with E-state index in [0.717, 1.165) is 42.4 Å². The van der Waals surface area contributed by atoms with Crippen molar-refractivity contribution in [2.45, 2.75) is 71.6 Å². The van der Waals surface area contributed by atoms with Crippen LogP contribution in [0.5, 0.6) is 0 Å². The minimum absolute atomic E-state index is 0.102. The minimum Gasteiger partial charge on any atom is -0.397 e. The molecule has 8 atom stereocenters. The number of Topliss-reactive ketones (excluding diaryl/α,β-unsaturated/α-hetero) is 1. The average molecular weight is 468 g/mol. The Morgan fingerprint density at radius 2 is 1.88 bits per heavy atom. The van der Waals surface area contributed by atoms with E-state index in [1.54, 1.807) is 5.01 Å². The zero-order chi connectivity index (χ0) is 24.1. The Morgan fingerprint density at radius 3 is 2.65 bits per heavy atom. The van der Waals surface area contributed by atoms with Crippen LogP contribution in [0.15, 0.2) is 24.3 Å². The van der Waals surface area contributed by atoms with Gasteiger partial charge >= 0.3 is 0 Å². The number of para-hydroxylation sites is 2. The van der Waals surface area contributed by atoms with E-state index in [2.05, 4.69) is 13.8 Å². The second-order valence-corrected chi connectivity index (χ2v) is 12.5. The number of hydrogen-bond donors (Lipinski definition) is 2. The first kappa shape index (κ1) is 24.1. The number of rotatable bonds is 6. The quantitative estimate of drug-likeness (QED) is 0.331. The number of carbonyl (C=O) groups excluding carboxylic acids is 1. The lowest BCUT2D eigenvalue weighted by atomic mass is 9.44. The normalized spacial score (nSPS) is 41.3. The third-order valence-corrected chi connectivity index (χ3v) is 11.0.